The van der Waals surface area contributed by atoms with E-state index in [2.05, 4.69) is 20.1 Å². The van der Waals surface area contributed by atoms with Crippen LogP contribution in [0.2, 0.25) is 0 Å². The molecule has 1 N–H and O–H groups in total. The highest BCUT2D eigenvalue weighted by Crippen LogP contribution is 2.19. The van der Waals surface area contributed by atoms with Gasteiger partial charge >= 0.3 is 0 Å². The molecule has 1 aliphatic rings. The number of ether oxygens (including phenoxy) is 1. The molecule has 0 bridgehead atoms. The van der Waals surface area contributed by atoms with E-state index in [1.54, 1.807) is 25.2 Å². The highest BCUT2D eigenvalue weighted by Gasteiger charge is 2.20. The average molecular weight is 573 g/mol. The van der Waals surface area contributed by atoms with E-state index in [1.807, 2.05) is 31.1 Å². The molecule has 0 spiro atoms. The number of halogens is 3. The Bertz CT molecular complexity index is 933. The van der Waals surface area contributed by atoms with Crippen molar-refractivity contribution in [2.45, 2.75) is 19.6 Å². The van der Waals surface area contributed by atoms with Gasteiger partial charge in [0.1, 0.15) is 5.82 Å². The predicted octanol–water partition coefficient (Wildman–Crippen LogP) is 3.55. The third-order valence-electron chi connectivity index (χ3n) is 5.55. The van der Waals surface area contributed by atoms with Gasteiger partial charge in [-0.2, -0.15) is 0 Å². The van der Waals surface area contributed by atoms with Crippen LogP contribution in [0.5, 0.6) is 5.75 Å². The largest absolute Gasteiger partial charge is 0.494 e. The second kappa shape index (κ2) is 13.0. The zero-order chi connectivity index (χ0) is 23.1. The first-order valence-corrected chi connectivity index (χ1v) is 10.8. The maximum Gasteiger partial charge on any atom is 0.194 e. The number of rotatable bonds is 7. The number of hydrogen-bond donors (Lipinski definition) is 1. The zero-order valence-corrected chi connectivity index (χ0v) is 22.1. The zero-order valence-electron chi connectivity index (χ0n) is 19.8. The molecule has 2 aromatic carbocycles. The molecule has 0 unspecified atom stereocenters. The van der Waals surface area contributed by atoms with Gasteiger partial charge in [-0.05, 0) is 49.5 Å². The fourth-order valence-electron chi connectivity index (χ4n) is 3.90. The first kappa shape index (κ1) is 27.3. The van der Waals surface area contributed by atoms with Crippen LogP contribution >= 0.6 is 24.0 Å². The molecule has 9 heteroatoms. The Morgan fingerprint density at radius 1 is 1.03 bits per heavy atom. The van der Waals surface area contributed by atoms with Gasteiger partial charge in [-0.25, -0.2) is 8.78 Å². The van der Waals surface area contributed by atoms with Crippen molar-refractivity contribution in [1.29, 1.82) is 0 Å². The molecule has 0 saturated carbocycles. The Hall–Kier alpha value is -1.98. The van der Waals surface area contributed by atoms with Crippen LogP contribution < -0.4 is 10.1 Å². The number of benzene rings is 2. The normalized spacial score (nSPS) is 14.9. The Balaban J connectivity index is 0.00000385. The molecule has 6 nitrogen and oxygen atoms in total. The fourth-order valence-corrected chi connectivity index (χ4v) is 3.90. The summed E-state index contributed by atoms with van der Waals surface area (Å²) >= 11 is 0. The van der Waals surface area contributed by atoms with Crippen molar-refractivity contribution in [3.63, 3.8) is 0 Å². The number of nitrogens with one attached hydrogen (secondary N) is 1. The fraction of sp³-hybridized carbons (Fsp3) is 0.458. The van der Waals surface area contributed by atoms with Gasteiger partial charge in [0.05, 0.1) is 7.11 Å². The molecule has 0 amide bonds. The SMILES string of the molecule is CN=C(NCc1ccc(F)c(CN(C)C)c1)N1CCN(Cc2ccc(OC)c(F)c2)CC1.I. The maximum atomic E-state index is 14.0. The number of piperazine rings is 1. The molecule has 0 aromatic heterocycles. The second-order valence-corrected chi connectivity index (χ2v) is 8.30. The number of hydrogen-bond acceptors (Lipinski definition) is 4. The summed E-state index contributed by atoms with van der Waals surface area (Å²) < 4.78 is 33.0. The molecular formula is C24H34F2IN5O. The smallest absolute Gasteiger partial charge is 0.194 e. The van der Waals surface area contributed by atoms with Crippen LogP contribution in [0.25, 0.3) is 0 Å². The van der Waals surface area contributed by atoms with Gasteiger partial charge in [0, 0.05) is 58.4 Å². The average Bonchev–Trinajstić information content (AvgIpc) is 2.77. The molecule has 0 atom stereocenters. The number of methoxy groups -OCH3 is 1. The molecule has 2 aromatic rings. The van der Waals surface area contributed by atoms with Crippen molar-refractivity contribution in [3.05, 3.63) is 64.7 Å². The van der Waals surface area contributed by atoms with Crippen molar-refractivity contribution in [3.8, 4) is 5.75 Å². The number of nitrogens with zero attached hydrogens (tertiary/aromatic N) is 4. The van der Waals surface area contributed by atoms with Crippen LogP contribution in [0.15, 0.2) is 41.4 Å². The minimum atomic E-state index is -0.331. The molecular weight excluding hydrogens is 539 g/mol. The topological polar surface area (TPSA) is 43.3 Å². The van der Waals surface area contributed by atoms with Gasteiger partial charge < -0.3 is 19.9 Å². The van der Waals surface area contributed by atoms with Gasteiger partial charge in [-0.15, -0.1) is 24.0 Å². The molecule has 1 saturated heterocycles. The van der Waals surface area contributed by atoms with E-state index in [-0.39, 0.29) is 41.4 Å². The molecule has 1 heterocycles. The quantitative estimate of drug-likeness (QED) is 0.312. The van der Waals surface area contributed by atoms with Gasteiger partial charge in [-0.3, -0.25) is 9.89 Å². The summed E-state index contributed by atoms with van der Waals surface area (Å²) in [6.45, 7) is 5.22. The predicted molar refractivity (Wildman–Crippen MR) is 139 cm³/mol. The van der Waals surface area contributed by atoms with E-state index >= 15 is 0 Å². The van der Waals surface area contributed by atoms with E-state index in [0.29, 0.717) is 25.2 Å². The number of guanidine groups is 1. The lowest BCUT2D eigenvalue weighted by Gasteiger charge is -2.36. The standard InChI is InChI=1S/C24H33F2N5O.HI/c1-27-24(28-15-18-5-7-21(25)20(13-18)17-29(2)3)31-11-9-30(10-12-31)16-19-6-8-23(32-4)22(26)14-19;/h5-8,13-14H,9-12,15-17H2,1-4H3,(H,27,28);1H. The van der Waals surface area contributed by atoms with Crippen LogP contribution in [0.4, 0.5) is 8.78 Å². The van der Waals surface area contributed by atoms with Gasteiger partial charge in [0.25, 0.3) is 0 Å². The molecule has 182 valence electrons. The third kappa shape index (κ3) is 7.79. The van der Waals surface area contributed by atoms with Crippen LogP contribution in [0, 0.1) is 11.6 Å². The summed E-state index contributed by atoms with van der Waals surface area (Å²) in [4.78, 5) is 10.9. The lowest BCUT2D eigenvalue weighted by Crippen LogP contribution is -2.52. The highest BCUT2D eigenvalue weighted by atomic mass is 127. The van der Waals surface area contributed by atoms with Crippen molar-refractivity contribution < 1.29 is 13.5 Å². The Morgan fingerprint density at radius 2 is 1.73 bits per heavy atom. The van der Waals surface area contributed by atoms with E-state index in [0.717, 1.165) is 43.3 Å². The first-order valence-electron chi connectivity index (χ1n) is 10.8. The summed E-state index contributed by atoms with van der Waals surface area (Å²) in [7, 11) is 7.10. The highest BCUT2D eigenvalue weighted by molar-refractivity contribution is 14.0. The summed E-state index contributed by atoms with van der Waals surface area (Å²) in [5.74, 6) is 0.588. The van der Waals surface area contributed by atoms with Crippen molar-refractivity contribution in [2.24, 2.45) is 4.99 Å². The Morgan fingerprint density at radius 3 is 2.33 bits per heavy atom. The minimum Gasteiger partial charge on any atom is -0.494 e. The van der Waals surface area contributed by atoms with Gasteiger partial charge in [0.2, 0.25) is 0 Å². The monoisotopic (exact) mass is 573 g/mol. The van der Waals surface area contributed by atoms with E-state index < -0.39 is 0 Å². The summed E-state index contributed by atoms with van der Waals surface area (Å²) in [5, 5.41) is 3.40. The van der Waals surface area contributed by atoms with Gasteiger partial charge in [-0.1, -0.05) is 12.1 Å². The Labute approximate surface area is 212 Å². The maximum absolute atomic E-state index is 14.0. The van der Waals surface area contributed by atoms with Crippen molar-refractivity contribution in [1.82, 2.24) is 20.0 Å². The van der Waals surface area contributed by atoms with Crippen LogP contribution in [-0.4, -0.2) is 75.1 Å². The van der Waals surface area contributed by atoms with Crippen molar-refractivity contribution >= 4 is 29.9 Å². The van der Waals surface area contributed by atoms with Crippen LogP contribution in [-0.2, 0) is 19.6 Å². The first-order chi connectivity index (χ1) is 15.4. The molecule has 1 aliphatic heterocycles. The minimum absolute atomic E-state index is 0. The molecule has 3 rings (SSSR count). The van der Waals surface area contributed by atoms with Crippen LogP contribution in [0.3, 0.4) is 0 Å². The van der Waals surface area contributed by atoms with E-state index in [9.17, 15) is 8.78 Å². The second-order valence-electron chi connectivity index (χ2n) is 8.30. The number of aliphatic imine (C=N–C) groups is 1. The summed E-state index contributed by atoms with van der Waals surface area (Å²) in [6, 6.07) is 10.4. The Kier molecular flexibility index (Phi) is 10.8. The van der Waals surface area contributed by atoms with Crippen molar-refractivity contribution in [2.75, 3.05) is 54.4 Å². The molecule has 1 fully saturated rings. The van der Waals surface area contributed by atoms with Gasteiger partial charge in [0.15, 0.2) is 17.5 Å². The summed E-state index contributed by atoms with van der Waals surface area (Å²) in [5.41, 5.74) is 2.64. The van der Waals surface area contributed by atoms with Crippen LogP contribution in [0.1, 0.15) is 16.7 Å². The molecule has 0 radical (unpaired) electrons. The van der Waals surface area contributed by atoms with E-state index in [4.69, 9.17) is 4.74 Å². The van der Waals surface area contributed by atoms with E-state index in [1.165, 1.54) is 13.2 Å². The molecule has 0 aliphatic carbocycles. The third-order valence-corrected chi connectivity index (χ3v) is 5.55. The lowest BCUT2D eigenvalue weighted by atomic mass is 10.1. The molecule has 33 heavy (non-hydrogen) atoms. The summed E-state index contributed by atoms with van der Waals surface area (Å²) in [6.07, 6.45) is 0. The lowest BCUT2D eigenvalue weighted by molar-refractivity contribution is 0.172.